The van der Waals surface area contributed by atoms with Crippen molar-refractivity contribution in [3.8, 4) is 11.8 Å². The minimum absolute atomic E-state index is 0.0209. The minimum atomic E-state index is -0.947. The Morgan fingerprint density at radius 2 is 1.90 bits per heavy atom. The fraction of sp³-hybridized carbons (Fsp3) is 0.788. The summed E-state index contributed by atoms with van der Waals surface area (Å²) in [6.45, 7) is 7.34. The molecule has 6 nitrogen and oxygen atoms in total. The largest absolute Gasteiger partial charge is 0.497 e. The number of nitriles is 1. The summed E-state index contributed by atoms with van der Waals surface area (Å²) >= 11 is 0. The smallest absolute Gasteiger partial charge is 0.119 e. The van der Waals surface area contributed by atoms with Gasteiger partial charge in [-0.1, -0.05) is 26.8 Å². The molecule has 6 aliphatic rings. The molecule has 1 aliphatic heterocycles. The van der Waals surface area contributed by atoms with Crippen molar-refractivity contribution in [1.82, 2.24) is 0 Å². The van der Waals surface area contributed by atoms with Crippen molar-refractivity contribution < 1.29 is 24.7 Å². The molecule has 1 heterocycles. The van der Waals surface area contributed by atoms with E-state index in [9.17, 15) is 15.5 Å². The highest BCUT2D eigenvalue weighted by atomic mass is 17.2. The van der Waals surface area contributed by atoms with Crippen molar-refractivity contribution in [2.24, 2.45) is 34.0 Å². The Hall–Kier alpha value is -1.65. The first kappa shape index (κ1) is 26.3. The van der Waals surface area contributed by atoms with Crippen molar-refractivity contribution in [1.29, 1.82) is 5.26 Å². The average Bonchev–Trinajstić information content (AvgIpc) is 3.13. The molecule has 212 valence electrons. The van der Waals surface area contributed by atoms with Crippen molar-refractivity contribution in [2.75, 3.05) is 13.7 Å². The van der Waals surface area contributed by atoms with Gasteiger partial charge in [0.15, 0.2) is 0 Å². The van der Waals surface area contributed by atoms with Crippen LogP contribution < -0.4 is 4.74 Å². The van der Waals surface area contributed by atoms with Crippen LogP contribution in [-0.2, 0) is 16.2 Å². The minimum Gasteiger partial charge on any atom is -0.497 e. The van der Waals surface area contributed by atoms with Gasteiger partial charge in [0.1, 0.15) is 11.4 Å². The van der Waals surface area contributed by atoms with Crippen molar-refractivity contribution in [3.05, 3.63) is 29.3 Å². The van der Waals surface area contributed by atoms with Crippen LogP contribution in [-0.4, -0.2) is 40.7 Å². The van der Waals surface area contributed by atoms with E-state index in [0.29, 0.717) is 37.2 Å². The third-order valence-electron chi connectivity index (χ3n) is 13.0. The van der Waals surface area contributed by atoms with Gasteiger partial charge in [0.2, 0.25) is 0 Å². The molecule has 1 unspecified atom stereocenters. The maximum atomic E-state index is 12.9. The van der Waals surface area contributed by atoms with E-state index in [-0.39, 0.29) is 28.6 Å². The Morgan fingerprint density at radius 1 is 1.08 bits per heavy atom. The van der Waals surface area contributed by atoms with E-state index in [4.69, 9.17) is 14.5 Å². The number of methoxy groups -OCH3 is 1. The highest BCUT2D eigenvalue weighted by Gasteiger charge is 2.73. The van der Waals surface area contributed by atoms with Gasteiger partial charge in [0.05, 0.1) is 37.4 Å². The van der Waals surface area contributed by atoms with Crippen molar-refractivity contribution in [2.45, 2.75) is 114 Å². The van der Waals surface area contributed by atoms with Crippen molar-refractivity contribution in [3.63, 3.8) is 0 Å². The van der Waals surface area contributed by atoms with Crippen LogP contribution in [0, 0.1) is 45.3 Å². The normalized spacial score (nSPS) is 49.3. The number of hydrogen-bond acceptors (Lipinski definition) is 6. The van der Waals surface area contributed by atoms with Crippen LogP contribution in [0.25, 0.3) is 0 Å². The maximum Gasteiger partial charge on any atom is 0.119 e. The van der Waals surface area contributed by atoms with Crippen LogP contribution in [0.15, 0.2) is 18.2 Å². The molecule has 7 rings (SSSR count). The monoisotopic (exact) mass is 535 g/mol. The van der Waals surface area contributed by atoms with E-state index in [1.165, 1.54) is 11.1 Å². The summed E-state index contributed by atoms with van der Waals surface area (Å²) in [5, 5.41) is 34.5. The molecule has 4 saturated carbocycles. The molecule has 6 heteroatoms. The molecule has 0 bridgehead atoms. The fourth-order valence-electron chi connectivity index (χ4n) is 11.5. The quantitative estimate of drug-likeness (QED) is 0.462. The van der Waals surface area contributed by atoms with Gasteiger partial charge >= 0.3 is 0 Å². The molecule has 2 spiro atoms. The van der Waals surface area contributed by atoms with Crippen LogP contribution in [0.5, 0.6) is 5.75 Å². The Morgan fingerprint density at radius 3 is 2.64 bits per heavy atom. The van der Waals surface area contributed by atoms with Crippen LogP contribution in [0.3, 0.4) is 0 Å². The second-order valence-corrected chi connectivity index (χ2v) is 15.4. The van der Waals surface area contributed by atoms with Gasteiger partial charge in [-0.25, -0.2) is 9.78 Å². The predicted molar refractivity (Wildman–Crippen MR) is 146 cm³/mol. The number of ether oxygens (including phenoxy) is 1. The SMILES string of the molecule is COc1ccc2c(c1)C[C@]13CCC4(CC(C)(C)COO4)C[C@]1(O)CC[C@@H]1[C@@H]3[C@@H]2C[C@@]2(C)[C@H]1CC[C@@]2(O)CC#N. The summed E-state index contributed by atoms with van der Waals surface area (Å²) in [6.07, 6.45) is 8.67. The van der Waals surface area contributed by atoms with Gasteiger partial charge in [-0.2, -0.15) is 5.26 Å². The zero-order valence-electron chi connectivity index (χ0n) is 24.1. The second-order valence-electron chi connectivity index (χ2n) is 15.4. The maximum absolute atomic E-state index is 12.9. The Kier molecular flexibility index (Phi) is 5.53. The predicted octanol–water partition coefficient (Wildman–Crippen LogP) is 5.84. The van der Waals surface area contributed by atoms with Gasteiger partial charge in [0, 0.05) is 17.3 Å². The zero-order valence-corrected chi connectivity index (χ0v) is 24.1. The van der Waals surface area contributed by atoms with Crippen molar-refractivity contribution >= 4 is 0 Å². The van der Waals surface area contributed by atoms with Crippen LogP contribution in [0.2, 0.25) is 0 Å². The van der Waals surface area contributed by atoms with Gasteiger partial charge in [-0.3, -0.25) is 0 Å². The first-order chi connectivity index (χ1) is 18.4. The van der Waals surface area contributed by atoms with E-state index >= 15 is 0 Å². The average molecular weight is 536 g/mol. The first-order valence-corrected chi connectivity index (χ1v) is 15.2. The lowest BCUT2D eigenvalue weighted by Crippen LogP contribution is -2.70. The van der Waals surface area contributed by atoms with Gasteiger partial charge in [-0.05, 0) is 110 Å². The number of benzene rings is 1. The van der Waals surface area contributed by atoms with Crippen LogP contribution in [0.4, 0.5) is 0 Å². The van der Waals surface area contributed by atoms with E-state index < -0.39 is 16.8 Å². The molecule has 5 fully saturated rings. The van der Waals surface area contributed by atoms with Crippen LogP contribution in [0.1, 0.15) is 102 Å². The highest BCUT2D eigenvalue weighted by Crippen LogP contribution is 2.75. The van der Waals surface area contributed by atoms with E-state index in [2.05, 4.69) is 45.0 Å². The molecule has 39 heavy (non-hydrogen) atoms. The molecule has 1 aromatic rings. The zero-order chi connectivity index (χ0) is 27.5. The molecule has 0 aromatic heterocycles. The van der Waals surface area contributed by atoms with Gasteiger partial charge in [0.25, 0.3) is 0 Å². The molecular formula is C33H45NO5. The molecule has 0 radical (unpaired) electrons. The summed E-state index contributed by atoms with van der Waals surface area (Å²) in [5.74, 6) is 2.28. The van der Waals surface area contributed by atoms with Gasteiger partial charge in [-0.15, -0.1) is 0 Å². The summed E-state index contributed by atoms with van der Waals surface area (Å²) in [6, 6.07) is 8.86. The van der Waals surface area contributed by atoms with E-state index in [1.807, 2.05) is 0 Å². The third-order valence-corrected chi connectivity index (χ3v) is 13.0. The summed E-state index contributed by atoms with van der Waals surface area (Å²) in [4.78, 5) is 11.9. The standard InChI is InChI=1S/C33H45NO5/c1-28(2)18-30(39-38-20-28)11-12-31-16-21-15-22(37-4)5-6-23(21)25-17-29(3)26(8-10-32(29,35)13-14-34)24(27(25)31)7-9-33(31,36)19-30/h5-6,15,24-27,35-36H,7-13,16-20H2,1-4H3/t24-,25+,26-,27+,29-,30?,31-,32+,33+/m0/s1. The Balaban J connectivity index is 1.36. The molecule has 1 saturated heterocycles. The van der Waals surface area contributed by atoms with Gasteiger partial charge < -0.3 is 14.9 Å². The summed E-state index contributed by atoms with van der Waals surface area (Å²) in [5.41, 5.74) is -0.0982. The number of nitrogens with zero attached hydrogens (tertiary/aromatic N) is 1. The number of aliphatic hydroxyl groups is 2. The third kappa shape index (κ3) is 3.40. The number of hydrogen-bond donors (Lipinski definition) is 2. The lowest BCUT2D eigenvalue weighted by Gasteiger charge is -2.70. The number of fused-ring (bicyclic) bond motifs is 4. The molecule has 5 aliphatic carbocycles. The highest BCUT2D eigenvalue weighted by molar-refractivity contribution is 5.44. The van der Waals surface area contributed by atoms with E-state index in [0.717, 1.165) is 57.1 Å². The molecular weight excluding hydrogens is 490 g/mol. The molecule has 2 N–H and O–H groups in total. The Bertz CT molecular complexity index is 1220. The molecule has 0 amide bonds. The fourth-order valence-corrected chi connectivity index (χ4v) is 11.5. The van der Waals surface area contributed by atoms with E-state index in [1.54, 1.807) is 7.11 Å². The molecule has 9 atom stereocenters. The number of rotatable bonds is 2. The Labute approximate surface area is 233 Å². The second kappa shape index (κ2) is 8.22. The molecule has 1 aromatic carbocycles. The lowest BCUT2D eigenvalue weighted by molar-refractivity contribution is -0.426. The first-order valence-electron chi connectivity index (χ1n) is 15.2. The summed E-state index contributed by atoms with van der Waals surface area (Å²) < 4.78 is 5.67. The lowest BCUT2D eigenvalue weighted by atomic mass is 9.36. The topological polar surface area (TPSA) is 91.9 Å². The summed E-state index contributed by atoms with van der Waals surface area (Å²) in [7, 11) is 1.72. The van der Waals surface area contributed by atoms with Crippen LogP contribution >= 0.6 is 0 Å².